The zero-order valence-corrected chi connectivity index (χ0v) is 11.3. The van der Waals surface area contributed by atoms with Gasteiger partial charge in [0.1, 0.15) is 0 Å². The molecule has 1 saturated heterocycles. The Morgan fingerprint density at radius 2 is 2.10 bits per heavy atom. The van der Waals surface area contributed by atoms with Gasteiger partial charge in [-0.2, -0.15) is 5.10 Å². The predicted octanol–water partition coefficient (Wildman–Crippen LogP) is 2.75. The molecule has 2 aromatic rings. The summed E-state index contributed by atoms with van der Waals surface area (Å²) in [4.78, 5) is 14.1. The maximum absolute atomic E-state index is 12.3. The molecule has 20 heavy (non-hydrogen) atoms. The summed E-state index contributed by atoms with van der Waals surface area (Å²) >= 11 is 0. The molecule has 3 rings (SSSR count). The van der Waals surface area contributed by atoms with Gasteiger partial charge in [-0.15, -0.1) is 0 Å². The first kappa shape index (κ1) is 12.7. The van der Waals surface area contributed by atoms with Gasteiger partial charge in [0.2, 0.25) is 0 Å². The van der Waals surface area contributed by atoms with Crippen molar-refractivity contribution in [2.45, 2.75) is 18.9 Å². The van der Waals surface area contributed by atoms with Crippen molar-refractivity contribution in [3.63, 3.8) is 0 Å². The van der Waals surface area contributed by atoms with Crippen molar-refractivity contribution in [1.82, 2.24) is 14.7 Å². The summed E-state index contributed by atoms with van der Waals surface area (Å²) in [6, 6.07) is 11.7. The number of nitrogens with one attached hydrogen (secondary N) is 1. The lowest BCUT2D eigenvalue weighted by molar-refractivity contribution is 0.175. The quantitative estimate of drug-likeness (QED) is 0.912. The number of rotatable bonds is 2. The number of nitrogens with zero attached hydrogens (tertiary/aromatic N) is 3. The molecule has 0 bridgehead atoms. The van der Waals surface area contributed by atoms with E-state index in [0.717, 1.165) is 25.1 Å². The van der Waals surface area contributed by atoms with Crippen LogP contribution in [0.5, 0.6) is 0 Å². The average Bonchev–Trinajstić information content (AvgIpc) is 3.03. The Morgan fingerprint density at radius 1 is 1.25 bits per heavy atom. The van der Waals surface area contributed by atoms with Gasteiger partial charge < -0.3 is 10.2 Å². The molecular weight excluding hydrogens is 252 g/mol. The Bertz CT molecular complexity index is 553. The maximum Gasteiger partial charge on any atom is 0.321 e. The number of amides is 2. The van der Waals surface area contributed by atoms with Crippen LogP contribution in [0.2, 0.25) is 0 Å². The molecule has 2 heterocycles. The molecule has 1 N–H and O–H groups in total. The van der Waals surface area contributed by atoms with Crippen LogP contribution in [0, 0.1) is 0 Å². The standard InChI is InChI=1S/C15H18N4O/c20-15(17-13-6-2-1-3-7-13)18-10-4-8-14(12-18)19-11-5-9-16-19/h1-3,5-7,9,11,14H,4,8,10,12H2,(H,17,20). The number of benzene rings is 1. The van der Waals surface area contributed by atoms with Crippen molar-refractivity contribution in [2.24, 2.45) is 0 Å². The van der Waals surface area contributed by atoms with Crippen LogP contribution in [-0.2, 0) is 0 Å². The minimum atomic E-state index is -0.0342. The van der Waals surface area contributed by atoms with Crippen molar-refractivity contribution in [3.8, 4) is 0 Å². The summed E-state index contributed by atoms with van der Waals surface area (Å²) in [5.41, 5.74) is 0.832. The molecule has 1 fully saturated rings. The third-order valence-electron chi connectivity index (χ3n) is 3.61. The van der Waals surface area contributed by atoms with Crippen LogP contribution in [0.15, 0.2) is 48.8 Å². The van der Waals surface area contributed by atoms with Gasteiger partial charge in [-0.25, -0.2) is 4.79 Å². The van der Waals surface area contributed by atoms with E-state index in [1.165, 1.54) is 0 Å². The molecule has 104 valence electrons. The van der Waals surface area contributed by atoms with E-state index in [9.17, 15) is 4.79 Å². The Labute approximate surface area is 118 Å². The van der Waals surface area contributed by atoms with E-state index >= 15 is 0 Å². The van der Waals surface area contributed by atoms with Crippen LogP contribution in [0.1, 0.15) is 18.9 Å². The van der Waals surface area contributed by atoms with Crippen LogP contribution in [-0.4, -0.2) is 33.8 Å². The molecule has 1 atom stereocenters. The Balaban J connectivity index is 1.63. The number of hydrogen-bond donors (Lipinski definition) is 1. The number of aromatic nitrogens is 2. The van der Waals surface area contributed by atoms with Crippen LogP contribution < -0.4 is 5.32 Å². The summed E-state index contributed by atoms with van der Waals surface area (Å²) in [6.45, 7) is 1.51. The molecule has 0 spiro atoms. The molecule has 5 heteroatoms. The molecule has 1 aliphatic rings. The van der Waals surface area contributed by atoms with Crippen molar-refractivity contribution in [2.75, 3.05) is 18.4 Å². The molecule has 1 aromatic heterocycles. The Kier molecular flexibility index (Phi) is 3.67. The number of likely N-dealkylation sites (tertiary alicyclic amines) is 1. The van der Waals surface area contributed by atoms with Gasteiger partial charge in [0, 0.05) is 31.2 Å². The van der Waals surface area contributed by atoms with Gasteiger partial charge in [0.25, 0.3) is 0 Å². The van der Waals surface area contributed by atoms with Crippen molar-refractivity contribution in [3.05, 3.63) is 48.8 Å². The zero-order chi connectivity index (χ0) is 13.8. The number of carbonyl (C=O) groups excluding carboxylic acids is 1. The fourth-order valence-corrected chi connectivity index (χ4v) is 2.58. The highest BCUT2D eigenvalue weighted by Gasteiger charge is 2.24. The lowest BCUT2D eigenvalue weighted by Crippen LogP contribution is -2.43. The molecule has 1 aromatic carbocycles. The second kappa shape index (κ2) is 5.77. The van der Waals surface area contributed by atoms with Crippen LogP contribution in [0.4, 0.5) is 10.5 Å². The number of para-hydroxylation sites is 1. The molecule has 0 aliphatic carbocycles. The first-order valence-corrected chi connectivity index (χ1v) is 6.93. The van der Waals surface area contributed by atoms with Crippen LogP contribution in [0.25, 0.3) is 0 Å². The van der Waals surface area contributed by atoms with E-state index in [1.54, 1.807) is 6.20 Å². The van der Waals surface area contributed by atoms with Gasteiger partial charge in [-0.3, -0.25) is 4.68 Å². The highest BCUT2D eigenvalue weighted by molar-refractivity contribution is 5.89. The van der Waals surface area contributed by atoms with E-state index in [2.05, 4.69) is 10.4 Å². The van der Waals surface area contributed by atoms with Gasteiger partial charge in [-0.05, 0) is 31.0 Å². The van der Waals surface area contributed by atoms with E-state index in [-0.39, 0.29) is 12.1 Å². The van der Waals surface area contributed by atoms with Crippen LogP contribution >= 0.6 is 0 Å². The summed E-state index contributed by atoms with van der Waals surface area (Å²) in [6.07, 6.45) is 5.82. The predicted molar refractivity (Wildman–Crippen MR) is 77.5 cm³/mol. The Morgan fingerprint density at radius 3 is 2.85 bits per heavy atom. The lowest BCUT2D eigenvalue weighted by atomic mass is 10.1. The average molecular weight is 270 g/mol. The number of carbonyl (C=O) groups is 1. The fourth-order valence-electron chi connectivity index (χ4n) is 2.58. The van der Waals surface area contributed by atoms with E-state index < -0.39 is 0 Å². The highest BCUT2D eigenvalue weighted by Crippen LogP contribution is 2.21. The summed E-state index contributed by atoms with van der Waals surface area (Å²) in [5.74, 6) is 0. The Hall–Kier alpha value is -2.30. The first-order chi connectivity index (χ1) is 9.83. The lowest BCUT2D eigenvalue weighted by Gasteiger charge is -2.32. The zero-order valence-electron chi connectivity index (χ0n) is 11.3. The summed E-state index contributed by atoms with van der Waals surface area (Å²) in [7, 11) is 0. The second-order valence-corrected chi connectivity index (χ2v) is 5.02. The van der Waals surface area contributed by atoms with Gasteiger partial charge >= 0.3 is 6.03 Å². The maximum atomic E-state index is 12.3. The smallest absolute Gasteiger partial charge is 0.321 e. The fraction of sp³-hybridized carbons (Fsp3) is 0.333. The second-order valence-electron chi connectivity index (χ2n) is 5.02. The molecule has 1 unspecified atom stereocenters. The topological polar surface area (TPSA) is 50.2 Å². The molecule has 1 aliphatic heterocycles. The third kappa shape index (κ3) is 2.82. The van der Waals surface area contributed by atoms with E-state index in [0.29, 0.717) is 6.54 Å². The highest BCUT2D eigenvalue weighted by atomic mass is 16.2. The molecule has 5 nitrogen and oxygen atoms in total. The van der Waals surface area contributed by atoms with Crippen molar-refractivity contribution in [1.29, 1.82) is 0 Å². The van der Waals surface area contributed by atoms with E-state index in [4.69, 9.17) is 0 Å². The molecule has 2 amide bonds. The number of piperidine rings is 1. The minimum Gasteiger partial charge on any atom is -0.322 e. The van der Waals surface area contributed by atoms with Gasteiger partial charge in [-0.1, -0.05) is 18.2 Å². The summed E-state index contributed by atoms with van der Waals surface area (Å²) in [5, 5.41) is 7.21. The third-order valence-corrected chi connectivity index (χ3v) is 3.61. The molecule has 0 radical (unpaired) electrons. The van der Waals surface area contributed by atoms with Gasteiger partial charge in [0.05, 0.1) is 6.04 Å². The van der Waals surface area contributed by atoms with Gasteiger partial charge in [0.15, 0.2) is 0 Å². The van der Waals surface area contributed by atoms with E-state index in [1.807, 2.05) is 52.2 Å². The van der Waals surface area contributed by atoms with Crippen molar-refractivity contribution < 1.29 is 4.79 Å². The SMILES string of the molecule is O=C(Nc1ccccc1)N1CCCC(n2cccn2)C1. The summed E-state index contributed by atoms with van der Waals surface area (Å²) < 4.78 is 1.95. The van der Waals surface area contributed by atoms with Crippen molar-refractivity contribution >= 4 is 11.7 Å². The molecule has 0 saturated carbocycles. The normalized spacial score (nSPS) is 18.8. The van der Waals surface area contributed by atoms with Crippen LogP contribution in [0.3, 0.4) is 0 Å². The largest absolute Gasteiger partial charge is 0.322 e. The monoisotopic (exact) mass is 270 g/mol. The number of anilines is 1. The first-order valence-electron chi connectivity index (χ1n) is 6.93. The molecular formula is C15H18N4O. The minimum absolute atomic E-state index is 0.0342. The number of urea groups is 1. The number of hydrogen-bond acceptors (Lipinski definition) is 2.